The smallest absolute Gasteiger partial charge is 0.255 e. The third-order valence-electron chi connectivity index (χ3n) is 2.20. The Hall–Kier alpha value is -1.95. The molecular weight excluding hydrogens is 250 g/mol. The van der Waals surface area contributed by atoms with E-state index >= 15 is 0 Å². The molecule has 0 saturated carbocycles. The number of nitrogens with two attached hydrogens (primary N) is 1. The summed E-state index contributed by atoms with van der Waals surface area (Å²) in [5, 5.41) is 3.33. The second-order valence-corrected chi connectivity index (χ2v) is 4.58. The van der Waals surface area contributed by atoms with Gasteiger partial charge in [0.1, 0.15) is 6.26 Å². The van der Waals surface area contributed by atoms with Crippen molar-refractivity contribution in [3.8, 4) is 0 Å². The molecule has 5 nitrogen and oxygen atoms in total. The van der Waals surface area contributed by atoms with Gasteiger partial charge in [0.2, 0.25) is 5.91 Å². The Labute approximate surface area is 109 Å². The van der Waals surface area contributed by atoms with Crippen molar-refractivity contribution in [1.29, 1.82) is 0 Å². The van der Waals surface area contributed by atoms with Gasteiger partial charge in [0, 0.05) is 12.2 Å². The Morgan fingerprint density at radius 1 is 1.44 bits per heavy atom. The second kappa shape index (κ2) is 6.11. The predicted molar refractivity (Wildman–Crippen MR) is 71.3 cm³/mol. The van der Waals surface area contributed by atoms with Gasteiger partial charge in [-0.2, -0.15) is 0 Å². The minimum atomic E-state index is -0.0769. The fraction of sp³-hybridized carbons (Fsp3) is 0.167. The molecule has 6 heteroatoms. The highest BCUT2D eigenvalue weighted by Crippen LogP contribution is 2.18. The van der Waals surface area contributed by atoms with Crippen molar-refractivity contribution in [3.05, 3.63) is 36.7 Å². The van der Waals surface area contributed by atoms with Crippen molar-refractivity contribution in [2.24, 2.45) is 0 Å². The maximum absolute atomic E-state index is 11.7. The van der Waals surface area contributed by atoms with E-state index in [0.717, 1.165) is 0 Å². The van der Waals surface area contributed by atoms with Crippen LogP contribution in [0, 0.1) is 0 Å². The number of nitrogen functional groups attached to an aromatic ring is 1. The summed E-state index contributed by atoms with van der Waals surface area (Å²) < 4.78 is 5.05. The lowest BCUT2D eigenvalue weighted by atomic mass is 10.2. The molecule has 0 unspecified atom stereocenters. The topological polar surface area (TPSA) is 81.1 Å². The number of benzene rings is 1. The van der Waals surface area contributed by atoms with Gasteiger partial charge >= 0.3 is 0 Å². The Kier molecular flexibility index (Phi) is 4.25. The van der Waals surface area contributed by atoms with Crippen LogP contribution in [0.1, 0.15) is 6.42 Å². The number of anilines is 2. The molecule has 2 aromatic rings. The van der Waals surface area contributed by atoms with Crippen LogP contribution >= 0.6 is 11.8 Å². The van der Waals surface area contributed by atoms with E-state index in [4.69, 9.17) is 10.2 Å². The summed E-state index contributed by atoms with van der Waals surface area (Å²) in [5.41, 5.74) is 6.93. The van der Waals surface area contributed by atoms with Crippen molar-refractivity contribution < 1.29 is 9.21 Å². The van der Waals surface area contributed by atoms with Crippen LogP contribution in [0.2, 0.25) is 0 Å². The second-order valence-electron chi connectivity index (χ2n) is 3.53. The highest BCUT2D eigenvalue weighted by atomic mass is 32.2. The molecule has 1 aromatic heterocycles. The number of oxazole rings is 1. The third kappa shape index (κ3) is 3.53. The number of para-hydroxylation sites is 2. The molecule has 0 spiro atoms. The highest BCUT2D eigenvalue weighted by Gasteiger charge is 2.06. The van der Waals surface area contributed by atoms with Gasteiger partial charge in [-0.25, -0.2) is 4.98 Å². The summed E-state index contributed by atoms with van der Waals surface area (Å²) in [4.78, 5) is 15.6. The van der Waals surface area contributed by atoms with Crippen molar-refractivity contribution in [3.63, 3.8) is 0 Å². The summed E-state index contributed by atoms with van der Waals surface area (Å²) in [6, 6.07) is 7.17. The molecule has 2 rings (SSSR count). The lowest BCUT2D eigenvalue weighted by molar-refractivity contribution is -0.115. The van der Waals surface area contributed by atoms with E-state index in [1.165, 1.54) is 18.0 Å². The number of amides is 1. The van der Waals surface area contributed by atoms with Crippen LogP contribution in [0.4, 0.5) is 11.4 Å². The number of nitrogens with one attached hydrogen (secondary N) is 1. The molecule has 0 atom stereocenters. The molecule has 94 valence electrons. The third-order valence-corrected chi connectivity index (χ3v) is 3.06. The maximum Gasteiger partial charge on any atom is 0.255 e. The van der Waals surface area contributed by atoms with Crippen LogP contribution in [0.15, 0.2) is 46.4 Å². The normalized spacial score (nSPS) is 10.2. The molecule has 1 amide bonds. The summed E-state index contributed by atoms with van der Waals surface area (Å²) in [6.45, 7) is 0. The Balaban J connectivity index is 1.77. The molecule has 0 radical (unpaired) electrons. The number of aromatic nitrogens is 1. The lowest BCUT2D eigenvalue weighted by Crippen LogP contribution is -2.13. The quantitative estimate of drug-likeness (QED) is 0.639. The zero-order valence-electron chi connectivity index (χ0n) is 9.63. The van der Waals surface area contributed by atoms with Gasteiger partial charge in [-0.05, 0) is 12.1 Å². The van der Waals surface area contributed by atoms with Crippen molar-refractivity contribution in [2.45, 2.75) is 11.6 Å². The average Bonchev–Trinajstić information content (AvgIpc) is 2.85. The summed E-state index contributed by atoms with van der Waals surface area (Å²) in [6.07, 6.45) is 3.46. The minimum absolute atomic E-state index is 0.0769. The zero-order valence-corrected chi connectivity index (χ0v) is 10.4. The van der Waals surface area contributed by atoms with E-state index in [2.05, 4.69) is 10.3 Å². The molecule has 0 aliphatic carbocycles. The fourth-order valence-corrected chi connectivity index (χ4v) is 2.06. The van der Waals surface area contributed by atoms with Crippen LogP contribution in [-0.2, 0) is 4.79 Å². The molecule has 0 saturated heterocycles. The minimum Gasteiger partial charge on any atom is -0.440 e. The van der Waals surface area contributed by atoms with Gasteiger partial charge in [-0.1, -0.05) is 23.9 Å². The summed E-state index contributed by atoms with van der Waals surface area (Å²) in [7, 11) is 0. The first-order valence-corrected chi connectivity index (χ1v) is 6.41. The van der Waals surface area contributed by atoms with Crippen LogP contribution < -0.4 is 11.1 Å². The standard InChI is InChI=1S/C12H13N3O2S/c13-9-3-1-2-4-10(9)15-11(16)5-8-18-12-14-6-7-17-12/h1-4,6-7H,5,8,13H2,(H,15,16). The van der Waals surface area contributed by atoms with E-state index in [1.807, 2.05) is 12.1 Å². The molecule has 0 aliphatic rings. The van der Waals surface area contributed by atoms with E-state index in [0.29, 0.717) is 28.8 Å². The van der Waals surface area contributed by atoms with Crippen molar-refractivity contribution in [1.82, 2.24) is 4.98 Å². The monoisotopic (exact) mass is 263 g/mol. The van der Waals surface area contributed by atoms with Gasteiger partial charge in [0.15, 0.2) is 0 Å². The molecule has 0 aliphatic heterocycles. The van der Waals surface area contributed by atoms with Crippen LogP contribution in [0.25, 0.3) is 0 Å². The SMILES string of the molecule is Nc1ccccc1NC(=O)CCSc1ncco1. The number of thioether (sulfide) groups is 1. The van der Waals surface area contributed by atoms with Gasteiger partial charge in [-0.15, -0.1) is 0 Å². The fourth-order valence-electron chi connectivity index (χ4n) is 1.34. The van der Waals surface area contributed by atoms with Gasteiger partial charge in [0.05, 0.1) is 17.6 Å². The highest BCUT2D eigenvalue weighted by molar-refractivity contribution is 7.99. The Morgan fingerprint density at radius 3 is 3.00 bits per heavy atom. The summed E-state index contributed by atoms with van der Waals surface area (Å²) in [5.74, 6) is 0.533. The largest absolute Gasteiger partial charge is 0.440 e. The molecule has 0 fully saturated rings. The zero-order chi connectivity index (χ0) is 12.8. The predicted octanol–water partition coefficient (Wildman–Crippen LogP) is 2.38. The van der Waals surface area contributed by atoms with Gasteiger partial charge in [0.25, 0.3) is 5.22 Å². The summed E-state index contributed by atoms with van der Waals surface area (Å²) >= 11 is 1.40. The van der Waals surface area contributed by atoms with Gasteiger partial charge < -0.3 is 15.5 Å². The number of carbonyl (C=O) groups is 1. The van der Waals surface area contributed by atoms with Crippen LogP contribution in [0.5, 0.6) is 0 Å². The van der Waals surface area contributed by atoms with E-state index in [1.54, 1.807) is 18.3 Å². The molecule has 1 heterocycles. The average molecular weight is 263 g/mol. The lowest BCUT2D eigenvalue weighted by Gasteiger charge is -2.06. The Morgan fingerprint density at radius 2 is 2.28 bits per heavy atom. The molecule has 3 N–H and O–H groups in total. The molecular formula is C12H13N3O2S. The number of hydrogen-bond donors (Lipinski definition) is 2. The molecule has 18 heavy (non-hydrogen) atoms. The molecule has 1 aromatic carbocycles. The number of carbonyl (C=O) groups excluding carboxylic acids is 1. The number of rotatable bonds is 5. The van der Waals surface area contributed by atoms with E-state index in [-0.39, 0.29) is 5.91 Å². The first-order valence-electron chi connectivity index (χ1n) is 5.42. The Bertz CT molecular complexity index is 514. The van der Waals surface area contributed by atoms with E-state index in [9.17, 15) is 4.79 Å². The van der Waals surface area contributed by atoms with Gasteiger partial charge in [-0.3, -0.25) is 4.79 Å². The first kappa shape index (κ1) is 12.5. The van der Waals surface area contributed by atoms with Crippen molar-refractivity contribution >= 4 is 29.0 Å². The number of hydrogen-bond acceptors (Lipinski definition) is 5. The van der Waals surface area contributed by atoms with Crippen molar-refractivity contribution in [2.75, 3.05) is 16.8 Å². The first-order chi connectivity index (χ1) is 8.75. The maximum atomic E-state index is 11.7. The van der Waals surface area contributed by atoms with Crippen LogP contribution in [0.3, 0.4) is 0 Å². The number of nitrogens with zero attached hydrogens (tertiary/aromatic N) is 1. The van der Waals surface area contributed by atoms with E-state index < -0.39 is 0 Å². The van der Waals surface area contributed by atoms with Crippen LogP contribution in [-0.4, -0.2) is 16.6 Å². The molecule has 0 bridgehead atoms.